The van der Waals surface area contributed by atoms with E-state index in [0.29, 0.717) is 6.54 Å². The van der Waals surface area contributed by atoms with E-state index in [-0.39, 0.29) is 12.2 Å². The van der Waals surface area contributed by atoms with Crippen LogP contribution in [0.5, 0.6) is 0 Å². The highest BCUT2D eigenvalue weighted by Crippen LogP contribution is 2.30. The van der Waals surface area contributed by atoms with Crippen LogP contribution in [0.4, 0.5) is 4.39 Å². The highest BCUT2D eigenvalue weighted by atomic mass is 79.9. The molecule has 0 aliphatic rings. The van der Waals surface area contributed by atoms with Gasteiger partial charge in [0.15, 0.2) is 0 Å². The molecule has 0 saturated heterocycles. The van der Waals surface area contributed by atoms with Gasteiger partial charge in [-0.3, -0.25) is 4.79 Å². The van der Waals surface area contributed by atoms with E-state index in [9.17, 15) is 14.3 Å². The van der Waals surface area contributed by atoms with Gasteiger partial charge in [-0.1, -0.05) is 15.9 Å². The third-order valence-corrected chi connectivity index (χ3v) is 5.73. The lowest BCUT2D eigenvalue weighted by Crippen LogP contribution is -2.00. The molecule has 0 aliphatic heterocycles. The molecule has 2 aromatic carbocycles. The highest BCUT2D eigenvalue weighted by molar-refractivity contribution is 9.10. The van der Waals surface area contributed by atoms with E-state index in [0.717, 1.165) is 36.6 Å². The fourth-order valence-corrected chi connectivity index (χ4v) is 4.43. The van der Waals surface area contributed by atoms with Crippen LogP contribution in [0.25, 0.3) is 21.0 Å². The van der Waals surface area contributed by atoms with Gasteiger partial charge in [-0.25, -0.2) is 4.39 Å². The first kappa shape index (κ1) is 16.3. The summed E-state index contributed by atoms with van der Waals surface area (Å²) in [5.41, 5.74) is 2.77. The van der Waals surface area contributed by atoms with Crippen LogP contribution in [-0.4, -0.2) is 15.6 Å². The molecule has 3 nitrogen and oxygen atoms in total. The van der Waals surface area contributed by atoms with Crippen molar-refractivity contribution in [3.8, 4) is 0 Å². The van der Waals surface area contributed by atoms with Crippen molar-refractivity contribution in [2.75, 3.05) is 0 Å². The zero-order chi connectivity index (χ0) is 17.6. The summed E-state index contributed by atoms with van der Waals surface area (Å²) in [6.07, 6.45) is 1.85. The summed E-state index contributed by atoms with van der Waals surface area (Å²) >= 11 is 5.03. The Bertz CT molecular complexity index is 1120. The minimum Gasteiger partial charge on any atom is -0.481 e. The largest absolute Gasteiger partial charge is 0.481 e. The average molecular weight is 418 g/mol. The van der Waals surface area contributed by atoms with Crippen LogP contribution in [0, 0.1) is 5.82 Å². The minimum atomic E-state index is -0.859. The van der Waals surface area contributed by atoms with Gasteiger partial charge in [0.2, 0.25) is 0 Å². The normalized spacial score (nSPS) is 11.4. The second-order valence-corrected chi connectivity index (χ2v) is 7.74. The molecule has 1 N–H and O–H groups in total. The number of carbonyl (C=O) groups is 1. The predicted molar refractivity (Wildman–Crippen MR) is 102 cm³/mol. The van der Waals surface area contributed by atoms with Gasteiger partial charge in [-0.05, 0) is 52.9 Å². The monoisotopic (exact) mass is 417 g/mol. The van der Waals surface area contributed by atoms with Crippen molar-refractivity contribution in [2.24, 2.45) is 0 Å². The first-order valence-corrected chi connectivity index (χ1v) is 9.33. The molecule has 0 spiro atoms. The first-order valence-electron chi connectivity index (χ1n) is 7.66. The molecule has 4 rings (SSSR count). The summed E-state index contributed by atoms with van der Waals surface area (Å²) in [7, 11) is 0. The Morgan fingerprint density at radius 1 is 1.16 bits per heavy atom. The van der Waals surface area contributed by atoms with Gasteiger partial charge >= 0.3 is 5.97 Å². The molecule has 0 bridgehead atoms. The third-order valence-electron chi connectivity index (χ3n) is 4.22. The van der Waals surface area contributed by atoms with Gasteiger partial charge in [-0.2, -0.15) is 0 Å². The van der Waals surface area contributed by atoms with Crippen LogP contribution in [0.15, 0.2) is 52.4 Å². The quantitative estimate of drug-likeness (QED) is 0.480. The number of rotatable bonds is 4. The minimum absolute atomic E-state index is 0.0288. The van der Waals surface area contributed by atoms with E-state index in [2.05, 4.69) is 15.9 Å². The Balaban J connectivity index is 1.83. The van der Waals surface area contributed by atoms with Gasteiger partial charge in [-0.15, -0.1) is 11.3 Å². The lowest BCUT2D eigenvalue weighted by atomic mass is 10.1. The Hall–Kier alpha value is -2.18. The van der Waals surface area contributed by atoms with Gasteiger partial charge in [0.1, 0.15) is 5.82 Å². The lowest BCUT2D eigenvalue weighted by Gasteiger charge is -2.05. The summed E-state index contributed by atoms with van der Waals surface area (Å²) in [5, 5.41) is 13.0. The number of hydrogen-bond donors (Lipinski definition) is 1. The second-order valence-electron chi connectivity index (χ2n) is 5.92. The standard InChI is InChI=1S/C19H13BrFNO2S/c20-13-1-3-17-15(6-13)11(5-19(23)24)8-22(17)9-12-10-25-18-4-2-14(21)7-16(12)18/h1-4,6-8,10H,5,9H2,(H,23,24). The first-order chi connectivity index (χ1) is 12.0. The number of thiophene rings is 1. The maximum absolute atomic E-state index is 13.6. The SMILES string of the molecule is O=C(O)Cc1cn(Cc2csc3ccc(F)cc23)c2ccc(Br)cc12. The number of aliphatic carboxylic acids is 1. The van der Waals surface area contributed by atoms with E-state index >= 15 is 0 Å². The van der Waals surface area contributed by atoms with E-state index < -0.39 is 5.97 Å². The van der Waals surface area contributed by atoms with Crippen LogP contribution in [0.3, 0.4) is 0 Å². The molecule has 0 saturated carbocycles. The maximum atomic E-state index is 13.6. The number of hydrogen-bond acceptors (Lipinski definition) is 2. The van der Waals surface area contributed by atoms with Crippen molar-refractivity contribution in [3.05, 3.63) is 69.4 Å². The topological polar surface area (TPSA) is 42.2 Å². The number of carboxylic acid groups (broad SMARTS) is 1. The van der Waals surface area contributed by atoms with E-state index in [1.165, 1.54) is 6.07 Å². The van der Waals surface area contributed by atoms with Crippen molar-refractivity contribution in [1.29, 1.82) is 0 Å². The van der Waals surface area contributed by atoms with Crippen LogP contribution < -0.4 is 0 Å². The van der Waals surface area contributed by atoms with Crippen molar-refractivity contribution >= 4 is 54.2 Å². The predicted octanol–water partition coefficient (Wildman–Crippen LogP) is 5.43. The van der Waals surface area contributed by atoms with Gasteiger partial charge in [0.25, 0.3) is 0 Å². The van der Waals surface area contributed by atoms with E-state index in [1.807, 2.05) is 34.3 Å². The van der Waals surface area contributed by atoms with Gasteiger partial charge in [0.05, 0.1) is 6.42 Å². The van der Waals surface area contributed by atoms with E-state index in [1.54, 1.807) is 23.5 Å². The second kappa shape index (κ2) is 6.28. The maximum Gasteiger partial charge on any atom is 0.307 e. The van der Waals surface area contributed by atoms with Crippen molar-refractivity contribution in [1.82, 2.24) is 4.57 Å². The average Bonchev–Trinajstić information content (AvgIpc) is 3.09. The molecule has 0 aliphatic carbocycles. The fraction of sp³-hybridized carbons (Fsp3) is 0.105. The van der Waals surface area contributed by atoms with Crippen LogP contribution in [-0.2, 0) is 17.8 Å². The molecule has 0 unspecified atom stereocenters. The van der Waals surface area contributed by atoms with Crippen LogP contribution >= 0.6 is 27.3 Å². The fourth-order valence-electron chi connectivity index (χ4n) is 3.14. The number of fused-ring (bicyclic) bond motifs is 2. The van der Waals surface area contributed by atoms with Crippen LogP contribution in [0.1, 0.15) is 11.1 Å². The number of nitrogens with zero attached hydrogens (tertiary/aromatic N) is 1. The van der Waals surface area contributed by atoms with E-state index in [4.69, 9.17) is 0 Å². The van der Waals surface area contributed by atoms with Crippen molar-refractivity contribution in [2.45, 2.75) is 13.0 Å². The molecular formula is C19H13BrFNO2S. The zero-order valence-corrected chi connectivity index (χ0v) is 15.4. The number of carboxylic acids is 1. The Morgan fingerprint density at radius 2 is 2.00 bits per heavy atom. The summed E-state index contributed by atoms with van der Waals surface area (Å²) in [4.78, 5) is 11.2. The number of aromatic nitrogens is 1. The van der Waals surface area contributed by atoms with Crippen molar-refractivity contribution < 1.29 is 14.3 Å². The molecule has 0 fully saturated rings. The Kier molecular flexibility index (Phi) is 4.09. The molecule has 2 aromatic heterocycles. The molecule has 126 valence electrons. The van der Waals surface area contributed by atoms with Crippen LogP contribution in [0.2, 0.25) is 0 Å². The molecule has 4 aromatic rings. The summed E-state index contributed by atoms with van der Waals surface area (Å²) in [6, 6.07) is 10.7. The molecular weight excluding hydrogens is 405 g/mol. The summed E-state index contributed by atoms with van der Waals surface area (Å²) < 4.78 is 17.6. The zero-order valence-electron chi connectivity index (χ0n) is 13.0. The lowest BCUT2D eigenvalue weighted by molar-refractivity contribution is -0.136. The Labute approximate surface area is 155 Å². The third kappa shape index (κ3) is 3.07. The summed E-state index contributed by atoms with van der Waals surface area (Å²) in [5.74, 6) is -1.11. The van der Waals surface area contributed by atoms with Crippen molar-refractivity contribution in [3.63, 3.8) is 0 Å². The van der Waals surface area contributed by atoms with Gasteiger partial charge in [0, 0.05) is 38.2 Å². The summed E-state index contributed by atoms with van der Waals surface area (Å²) in [6.45, 7) is 0.571. The molecule has 25 heavy (non-hydrogen) atoms. The highest BCUT2D eigenvalue weighted by Gasteiger charge is 2.14. The molecule has 6 heteroatoms. The number of halogens is 2. The number of benzene rings is 2. The van der Waals surface area contributed by atoms with Gasteiger partial charge < -0.3 is 9.67 Å². The Morgan fingerprint density at radius 3 is 2.80 bits per heavy atom. The molecule has 0 radical (unpaired) electrons. The molecule has 0 amide bonds. The molecule has 2 heterocycles. The molecule has 0 atom stereocenters. The smallest absolute Gasteiger partial charge is 0.307 e.